The lowest BCUT2D eigenvalue weighted by Crippen LogP contribution is -2.35. The van der Waals surface area contributed by atoms with Crippen LogP contribution in [0.1, 0.15) is 27.9 Å². The van der Waals surface area contributed by atoms with Gasteiger partial charge in [0.05, 0.1) is 32.0 Å². The molecule has 2 amide bonds. The molecule has 25 heavy (non-hydrogen) atoms. The van der Waals surface area contributed by atoms with Gasteiger partial charge in [-0.15, -0.1) is 0 Å². The van der Waals surface area contributed by atoms with E-state index in [0.29, 0.717) is 41.7 Å². The van der Waals surface area contributed by atoms with Crippen LogP contribution in [0.25, 0.3) is 0 Å². The lowest BCUT2D eigenvalue weighted by molar-refractivity contribution is -0.114. The maximum absolute atomic E-state index is 12.9. The molecule has 0 radical (unpaired) electrons. The molecule has 3 rings (SSSR count). The zero-order valence-electron chi connectivity index (χ0n) is 14.3. The molecule has 1 aliphatic rings. The van der Waals surface area contributed by atoms with Crippen molar-refractivity contribution in [2.24, 2.45) is 0 Å². The average Bonchev–Trinajstić information content (AvgIpc) is 3.00. The SMILES string of the molecule is COc1cccc(C(=O)N2CCc3nc(NC(C)=O)sc3C2)c1OC. The van der Waals surface area contributed by atoms with Gasteiger partial charge in [-0.1, -0.05) is 17.4 Å². The molecule has 8 heteroatoms. The molecule has 0 fully saturated rings. The summed E-state index contributed by atoms with van der Waals surface area (Å²) in [6.07, 6.45) is 0.656. The number of fused-ring (bicyclic) bond motifs is 1. The Morgan fingerprint density at radius 1 is 1.28 bits per heavy atom. The standard InChI is InChI=1S/C17H19N3O4S/c1-10(21)18-17-19-12-7-8-20(9-14(12)25-17)16(22)11-5-4-6-13(23-2)15(11)24-3/h4-6H,7-9H2,1-3H3,(H,18,19,21). The second kappa shape index (κ2) is 7.10. The summed E-state index contributed by atoms with van der Waals surface area (Å²) in [6, 6.07) is 5.26. The molecule has 7 nitrogen and oxygen atoms in total. The Morgan fingerprint density at radius 2 is 2.08 bits per heavy atom. The molecule has 0 saturated heterocycles. The van der Waals surface area contributed by atoms with Crippen LogP contribution in [0.5, 0.6) is 11.5 Å². The molecular weight excluding hydrogens is 342 g/mol. The van der Waals surface area contributed by atoms with Crippen molar-refractivity contribution >= 4 is 28.3 Å². The van der Waals surface area contributed by atoms with E-state index in [1.807, 2.05) is 0 Å². The van der Waals surface area contributed by atoms with E-state index in [4.69, 9.17) is 9.47 Å². The van der Waals surface area contributed by atoms with E-state index in [1.165, 1.54) is 25.4 Å². The minimum absolute atomic E-state index is 0.115. The molecule has 132 valence electrons. The second-order valence-electron chi connectivity index (χ2n) is 5.59. The number of para-hydroxylation sites is 1. The van der Waals surface area contributed by atoms with Gasteiger partial charge in [0, 0.05) is 24.8 Å². The van der Waals surface area contributed by atoms with Crippen molar-refractivity contribution < 1.29 is 19.1 Å². The predicted octanol–water partition coefficient (Wildman–Crippen LogP) is 2.32. The highest BCUT2D eigenvalue weighted by Gasteiger charge is 2.27. The number of thiazole rings is 1. The molecular formula is C17H19N3O4S. The highest BCUT2D eigenvalue weighted by atomic mass is 32.1. The van der Waals surface area contributed by atoms with Crippen molar-refractivity contribution in [2.45, 2.75) is 19.9 Å². The summed E-state index contributed by atoms with van der Waals surface area (Å²) < 4.78 is 10.6. The van der Waals surface area contributed by atoms with E-state index in [0.717, 1.165) is 10.6 Å². The zero-order chi connectivity index (χ0) is 18.0. The largest absolute Gasteiger partial charge is 0.493 e. The molecule has 2 aromatic rings. The van der Waals surface area contributed by atoms with Gasteiger partial charge >= 0.3 is 0 Å². The summed E-state index contributed by atoms with van der Waals surface area (Å²) in [5, 5.41) is 3.27. The molecule has 0 spiro atoms. The molecule has 1 aromatic carbocycles. The van der Waals surface area contributed by atoms with Crippen LogP contribution in [0.15, 0.2) is 18.2 Å². The van der Waals surface area contributed by atoms with Gasteiger partial charge in [0.25, 0.3) is 5.91 Å². The first kappa shape index (κ1) is 17.2. The number of ether oxygens (including phenoxy) is 2. The second-order valence-corrected chi connectivity index (χ2v) is 6.67. The van der Waals surface area contributed by atoms with Crippen molar-refractivity contribution in [3.8, 4) is 11.5 Å². The van der Waals surface area contributed by atoms with Crippen molar-refractivity contribution in [1.29, 1.82) is 0 Å². The maximum atomic E-state index is 12.9. The Balaban J connectivity index is 1.83. The smallest absolute Gasteiger partial charge is 0.258 e. The quantitative estimate of drug-likeness (QED) is 0.904. The van der Waals surface area contributed by atoms with Crippen molar-refractivity contribution in [2.75, 3.05) is 26.1 Å². The van der Waals surface area contributed by atoms with Crippen LogP contribution in [-0.2, 0) is 17.8 Å². The Labute approximate surface area is 149 Å². The number of carbonyl (C=O) groups is 2. The van der Waals surface area contributed by atoms with Gasteiger partial charge in [0.1, 0.15) is 0 Å². The van der Waals surface area contributed by atoms with E-state index in [2.05, 4.69) is 10.3 Å². The molecule has 1 N–H and O–H groups in total. The summed E-state index contributed by atoms with van der Waals surface area (Å²) in [5.74, 6) is 0.692. The molecule has 1 aromatic heterocycles. The molecule has 2 heterocycles. The first-order chi connectivity index (χ1) is 12.0. The zero-order valence-corrected chi connectivity index (χ0v) is 15.1. The number of rotatable bonds is 4. The minimum Gasteiger partial charge on any atom is -0.493 e. The highest BCUT2D eigenvalue weighted by Crippen LogP contribution is 2.34. The van der Waals surface area contributed by atoms with Gasteiger partial charge in [-0.25, -0.2) is 4.98 Å². The van der Waals surface area contributed by atoms with Crippen LogP contribution in [0.2, 0.25) is 0 Å². The molecule has 0 atom stereocenters. The van der Waals surface area contributed by atoms with Gasteiger partial charge in [0.15, 0.2) is 16.6 Å². The third kappa shape index (κ3) is 3.43. The number of nitrogens with zero attached hydrogens (tertiary/aromatic N) is 2. The van der Waals surface area contributed by atoms with Crippen LogP contribution >= 0.6 is 11.3 Å². The van der Waals surface area contributed by atoms with Crippen molar-refractivity contribution in [1.82, 2.24) is 9.88 Å². The maximum Gasteiger partial charge on any atom is 0.258 e. The average molecular weight is 361 g/mol. The number of nitrogens with one attached hydrogen (secondary N) is 1. The van der Waals surface area contributed by atoms with Crippen LogP contribution < -0.4 is 14.8 Å². The molecule has 1 aliphatic heterocycles. The van der Waals surface area contributed by atoms with Gasteiger partial charge in [0.2, 0.25) is 5.91 Å². The van der Waals surface area contributed by atoms with Crippen LogP contribution in [0.4, 0.5) is 5.13 Å². The third-order valence-corrected chi connectivity index (χ3v) is 4.93. The normalized spacial score (nSPS) is 13.2. The number of aromatic nitrogens is 1. The van der Waals surface area contributed by atoms with Crippen LogP contribution in [0.3, 0.4) is 0 Å². The fourth-order valence-electron chi connectivity index (χ4n) is 2.80. The Kier molecular flexibility index (Phi) is 4.89. The van der Waals surface area contributed by atoms with Gasteiger partial charge < -0.3 is 19.7 Å². The van der Waals surface area contributed by atoms with E-state index in [-0.39, 0.29) is 11.8 Å². The molecule has 0 saturated carbocycles. The molecule has 0 bridgehead atoms. The fourth-order valence-corrected chi connectivity index (χ4v) is 3.87. The lowest BCUT2D eigenvalue weighted by Gasteiger charge is -2.27. The number of anilines is 1. The Bertz CT molecular complexity index is 818. The number of amides is 2. The van der Waals surface area contributed by atoms with E-state index >= 15 is 0 Å². The Morgan fingerprint density at radius 3 is 2.76 bits per heavy atom. The summed E-state index contributed by atoms with van der Waals surface area (Å²) in [5.41, 5.74) is 1.41. The number of hydrogen-bond donors (Lipinski definition) is 1. The topological polar surface area (TPSA) is 80.8 Å². The van der Waals surface area contributed by atoms with E-state index in [9.17, 15) is 9.59 Å². The summed E-state index contributed by atoms with van der Waals surface area (Å²) >= 11 is 1.40. The third-order valence-electron chi connectivity index (χ3n) is 3.93. The predicted molar refractivity (Wildman–Crippen MR) is 94.4 cm³/mol. The van der Waals surface area contributed by atoms with Crippen molar-refractivity contribution in [3.05, 3.63) is 34.3 Å². The summed E-state index contributed by atoms with van der Waals surface area (Å²) in [4.78, 5) is 31.3. The number of carbonyl (C=O) groups excluding carboxylic acids is 2. The number of methoxy groups -OCH3 is 2. The van der Waals surface area contributed by atoms with Crippen LogP contribution in [0, 0.1) is 0 Å². The number of hydrogen-bond acceptors (Lipinski definition) is 6. The lowest BCUT2D eigenvalue weighted by atomic mass is 10.1. The highest BCUT2D eigenvalue weighted by molar-refractivity contribution is 7.15. The van der Waals surface area contributed by atoms with Gasteiger partial charge in [-0.05, 0) is 12.1 Å². The summed E-state index contributed by atoms with van der Waals surface area (Å²) in [6.45, 7) is 2.48. The first-order valence-corrected chi connectivity index (χ1v) is 8.61. The number of benzene rings is 1. The van der Waals surface area contributed by atoms with Crippen molar-refractivity contribution in [3.63, 3.8) is 0 Å². The monoisotopic (exact) mass is 361 g/mol. The van der Waals surface area contributed by atoms with E-state index in [1.54, 1.807) is 30.2 Å². The van der Waals surface area contributed by atoms with E-state index < -0.39 is 0 Å². The summed E-state index contributed by atoms with van der Waals surface area (Å²) in [7, 11) is 3.06. The Hall–Kier alpha value is -2.61. The molecule has 0 aliphatic carbocycles. The van der Waals surface area contributed by atoms with Gasteiger partial charge in [-0.3, -0.25) is 9.59 Å². The minimum atomic E-state index is -0.153. The fraction of sp³-hybridized carbons (Fsp3) is 0.353. The van der Waals surface area contributed by atoms with Crippen LogP contribution in [-0.4, -0.2) is 42.5 Å². The van der Waals surface area contributed by atoms with Gasteiger partial charge in [-0.2, -0.15) is 0 Å². The first-order valence-electron chi connectivity index (χ1n) is 7.80. The molecule has 0 unspecified atom stereocenters.